The highest BCUT2D eigenvalue weighted by molar-refractivity contribution is 7.91. The third-order valence-corrected chi connectivity index (χ3v) is 6.23. The van der Waals surface area contributed by atoms with Crippen LogP contribution < -0.4 is 5.32 Å². The van der Waals surface area contributed by atoms with E-state index in [0.29, 0.717) is 17.1 Å². The van der Waals surface area contributed by atoms with Crippen LogP contribution >= 0.6 is 24.0 Å². The summed E-state index contributed by atoms with van der Waals surface area (Å²) < 4.78 is 28.2. The number of hydrogen-bond donors (Lipinski definition) is 1. The first kappa shape index (κ1) is 22.4. The van der Waals surface area contributed by atoms with Crippen LogP contribution in [0.15, 0.2) is 40.1 Å². The average Bonchev–Trinajstić information content (AvgIpc) is 3.00. The highest BCUT2D eigenvalue weighted by Gasteiger charge is 2.29. The molecule has 0 unspecified atom stereocenters. The van der Waals surface area contributed by atoms with Crippen LogP contribution in [-0.2, 0) is 16.3 Å². The summed E-state index contributed by atoms with van der Waals surface area (Å²) >= 11 is 6.00. The van der Waals surface area contributed by atoms with Gasteiger partial charge in [-0.3, -0.25) is 0 Å². The monoisotopic (exact) mass is 443 g/mol. The van der Waals surface area contributed by atoms with Gasteiger partial charge >= 0.3 is 0 Å². The number of benzene rings is 1. The van der Waals surface area contributed by atoms with Gasteiger partial charge in [0.2, 0.25) is 9.84 Å². The number of fused-ring (bicyclic) bond motifs is 1. The molecule has 0 atom stereocenters. The van der Waals surface area contributed by atoms with Gasteiger partial charge in [0.15, 0.2) is 16.4 Å². The van der Waals surface area contributed by atoms with Crippen molar-refractivity contribution in [1.82, 2.24) is 19.5 Å². The number of sulfone groups is 1. The van der Waals surface area contributed by atoms with E-state index in [1.165, 1.54) is 12.1 Å². The fourth-order valence-corrected chi connectivity index (χ4v) is 4.64. The van der Waals surface area contributed by atoms with Crippen LogP contribution in [0, 0.1) is 6.92 Å². The molecule has 0 spiro atoms. The fraction of sp³-hybridized carbons (Fsp3) is 0.333. The van der Waals surface area contributed by atoms with Gasteiger partial charge < -0.3 is 10.2 Å². The molecule has 0 bridgehead atoms. The normalized spacial score (nSPS) is 11.6. The molecule has 152 valence electrons. The molecular weight excluding hydrogens is 421 g/mol. The number of likely N-dealkylation sites (N-methyl/N-ethyl adjacent to an activating group) is 1. The van der Waals surface area contributed by atoms with E-state index in [-0.39, 0.29) is 28.0 Å². The van der Waals surface area contributed by atoms with E-state index in [0.717, 1.165) is 17.9 Å². The number of hydrogen-bond acceptors (Lipinski definition) is 6. The molecule has 0 aliphatic carbocycles. The van der Waals surface area contributed by atoms with Gasteiger partial charge in [-0.2, -0.15) is 0 Å². The summed E-state index contributed by atoms with van der Waals surface area (Å²) in [6.07, 6.45) is 0.709. The van der Waals surface area contributed by atoms with Crippen molar-refractivity contribution in [3.05, 3.63) is 46.7 Å². The van der Waals surface area contributed by atoms with Crippen molar-refractivity contribution in [2.75, 3.05) is 33.0 Å². The summed E-state index contributed by atoms with van der Waals surface area (Å²) in [5, 5.41) is 7.64. The Bertz CT molecular complexity index is 1100. The van der Waals surface area contributed by atoms with Crippen molar-refractivity contribution in [3.8, 4) is 0 Å². The molecule has 3 aromatic rings. The quantitative estimate of drug-likeness (QED) is 0.630. The Hall–Kier alpha value is -1.87. The van der Waals surface area contributed by atoms with Crippen molar-refractivity contribution in [1.29, 1.82) is 0 Å². The van der Waals surface area contributed by atoms with E-state index in [4.69, 9.17) is 11.6 Å². The largest absolute Gasteiger partial charge is 0.370 e. The minimum atomic E-state index is -3.86. The zero-order valence-electron chi connectivity index (χ0n) is 16.1. The van der Waals surface area contributed by atoms with Crippen molar-refractivity contribution < 1.29 is 8.42 Å². The fourth-order valence-electron chi connectivity index (χ4n) is 2.84. The summed E-state index contributed by atoms with van der Waals surface area (Å²) in [4.78, 5) is 6.84. The molecule has 0 saturated carbocycles. The molecule has 2 heterocycles. The molecule has 2 aromatic heterocycles. The summed E-state index contributed by atoms with van der Waals surface area (Å²) in [6.45, 7) is 2.70. The average molecular weight is 444 g/mol. The van der Waals surface area contributed by atoms with Crippen molar-refractivity contribution in [2.24, 2.45) is 0 Å². The lowest BCUT2D eigenvalue weighted by molar-refractivity contribution is 0.411. The number of halogens is 2. The molecule has 10 heteroatoms. The van der Waals surface area contributed by atoms with Crippen molar-refractivity contribution >= 4 is 45.3 Å². The predicted molar refractivity (Wildman–Crippen MR) is 114 cm³/mol. The summed E-state index contributed by atoms with van der Waals surface area (Å²) in [5.74, 6) is 0.260. The van der Waals surface area contributed by atoms with Crippen LogP contribution in [0.25, 0.3) is 5.65 Å². The number of nitrogens with zero attached hydrogens (tertiary/aromatic N) is 4. The minimum Gasteiger partial charge on any atom is -0.370 e. The van der Waals surface area contributed by atoms with Crippen LogP contribution in [0.2, 0.25) is 5.02 Å². The van der Waals surface area contributed by atoms with Crippen molar-refractivity contribution in [2.45, 2.75) is 23.1 Å². The Balaban J connectivity index is 0.00000280. The van der Waals surface area contributed by atoms with E-state index in [1.54, 1.807) is 23.7 Å². The minimum absolute atomic E-state index is 0. The van der Waals surface area contributed by atoms with Crippen LogP contribution in [0.3, 0.4) is 0 Å². The highest BCUT2D eigenvalue weighted by atomic mass is 35.5. The standard InChI is InChI=1S/C18H22ClN5O2S.ClH/c1-12-10-14(8-9-23(3)4)21-18-16(17(20-2)22-24(12)18)27(25,26)15-7-5-6-13(19)11-15;/h5-7,10-11H,8-9H2,1-4H3,(H,20,22);1H. The smallest absolute Gasteiger partial charge is 0.214 e. The predicted octanol–water partition coefficient (Wildman–Crippen LogP) is 3.09. The Morgan fingerprint density at radius 1 is 1.25 bits per heavy atom. The Labute approximate surface area is 176 Å². The Morgan fingerprint density at radius 2 is 1.96 bits per heavy atom. The van der Waals surface area contributed by atoms with Gasteiger partial charge in [0.1, 0.15) is 0 Å². The maximum absolute atomic E-state index is 13.3. The number of anilines is 1. The number of rotatable bonds is 6. The van der Waals surface area contributed by atoms with Crippen LogP contribution in [-0.4, -0.2) is 55.6 Å². The van der Waals surface area contributed by atoms with Gasteiger partial charge in [-0.15, -0.1) is 17.5 Å². The Kier molecular flexibility index (Phi) is 6.93. The molecule has 0 aliphatic rings. The number of aromatic nitrogens is 3. The molecule has 1 aromatic carbocycles. The Morgan fingerprint density at radius 3 is 2.57 bits per heavy atom. The maximum Gasteiger partial charge on any atom is 0.214 e. The first-order valence-corrected chi connectivity index (χ1v) is 10.3. The molecular formula is C18H23Cl2N5O2S. The molecule has 0 fully saturated rings. The van der Waals surface area contributed by atoms with Gasteiger partial charge in [-0.25, -0.2) is 17.9 Å². The van der Waals surface area contributed by atoms with Gasteiger partial charge in [0, 0.05) is 36.4 Å². The van der Waals surface area contributed by atoms with E-state index < -0.39 is 9.84 Å². The second kappa shape index (κ2) is 8.65. The molecule has 0 amide bonds. The zero-order chi connectivity index (χ0) is 19.8. The maximum atomic E-state index is 13.3. The first-order chi connectivity index (χ1) is 12.7. The number of aryl methyl sites for hydroxylation is 1. The SMILES string of the molecule is CNc1nn2c(C)cc(CCN(C)C)nc2c1S(=O)(=O)c1cccc(Cl)c1.Cl. The molecule has 0 saturated heterocycles. The van der Waals surface area contributed by atoms with E-state index >= 15 is 0 Å². The molecule has 3 rings (SSSR count). The van der Waals surface area contributed by atoms with Crippen LogP contribution in [0.1, 0.15) is 11.4 Å². The lowest BCUT2D eigenvalue weighted by Gasteiger charge is -2.10. The van der Waals surface area contributed by atoms with Gasteiger partial charge in [0.05, 0.1) is 4.90 Å². The first-order valence-electron chi connectivity index (χ1n) is 8.46. The molecule has 1 N–H and O–H groups in total. The molecule has 7 nitrogen and oxygen atoms in total. The topological polar surface area (TPSA) is 79.6 Å². The lowest BCUT2D eigenvalue weighted by Crippen LogP contribution is -2.16. The lowest BCUT2D eigenvalue weighted by atomic mass is 10.2. The second-order valence-corrected chi connectivity index (χ2v) is 8.89. The van der Waals surface area contributed by atoms with Gasteiger partial charge in [0.25, 0.3) is 0 Å². The highest BCUT2D eigenvalue weighted by Crippen LogP contribution is 2.32. The molecule has 0 radical (unpaired) electrons. The molecule has 28 heavy (non-hydrogen) atoms. The summed E-state index contributed by atoms with van der Waals surface area (Å²) in [6, 6.07) is 8.13. The van der Waals surface area contributed by atoms with Crippen LogP contribution in [0.4, 0.5) is 5.82 Å². The van der Waals surface area contributed by atoms with Gasteiger partial charge in [-0.1, -0.05) is 17.7 Å². The van der Waals surface area contributed by atoms with E-state index in [2.05, 4.69) is 20.3 Å². The zero-order valence-corrected chi connectivity index (χ0v) is 18.5. The summed E-state index contributed by atoms with van der Waals surface area (Å²) in [7, 11) is 1.75. The van der Waals surface area contributed by atoms with Gasteiger partial charge in [-0.05, 0) is 45.3 Å². The third-order valence-electron chi connectivity index (χ3n) is 4.20. The van der Waals surface area contributed by atoms with Crippen molar-refractivity contribution in [3.63, 3.8) is 0 Å². The second-order valence-electron chi connectivity index (χ2n) is 6.57. The summed E-state index contributed by atoms with van der Waals surface area (Å²) in [5.41, 5.74) is 1.95. The molecule has 0 aliphatic heterocycles. The third kappa shape index (κ3) is 4.25. The van der Waals surface area contributed by atoms with Crippen LogP contribution in [0.5, 0.6) is 0 Å². The van der Waals surface area contributed by atoms with E-state index in [1.807, 2.05) is 27.1 Å². The van der Waals surface area contributed by atoms with E-state index in [9.17, 15) is 8.42 Å². The number of nitrogens with one attached hydrogen (secondary N) is 1.